The Bertz CT molecular complexity index is 1080. The number of piperazine rings is 1. The lowest BCUT2D eigenvalue weighted by molar-refractivity contribution is 0.0477. The summed E-state index contributed by atoms with van der Waals surface area (Å²) in [7, 11) is 0. The molecule has 2 N–H and O–H groups in total. The zero-order chi connectivity index (χ0) is 25.4. The van der Waals surface area contributed by atoms with Gasteiger partial charge in [-0.1, -0.05) is 26.0 Å². The predicted molar refractivity (Wildman–Crippen MR) is 133 cm³/mol. The molecule has 5 rings (SSSR count). The summed E-state index contributed by atoms with van der Waals surface area (Å²) in [5.74, 6) is -0.571. The fourth-order valence-electron chi connectivity index (χ4n) is 5.87. The van der Waals surface area contributed by atoms with Crippen LogP contribution in [0.15, 0.2) is 24.3 Å². The standard InChI is InChI=1S/C28H34N2O6/c1-3-17-19(5-7-21-23(17)15-35-27(21)33)25(31)13-29-9-11-30(12-10-29)14-26(32)20-6-8-22-24(18(20)4-2)16-36-28(22)34/h5-8,25-26,31-32H,3-4,9-16H2,1-2H3. The average molecular weight is 495 g/mol. The van der Waals surface area contributed by atoms with E-state index < -0.39 is 12.2 Å². The van der Waals surface area contributed by atoms with Crippen LogP contribution in [0, 0.1) is 0 Å². The Labute approximate surface area is 211 Å². The number of benzene rings is 2. The van der Waals surface area contributed by atoms with E-state index in [2.05, 4.69) is 9.80 Å². The third kappa shape index (κ3) is 4.54. The average Bonchev–Trinajstić information content (AvgIpc) is 3.46. The maximum Gasteiger partial charge on any atom is 0.338 e. The van der Waals surface area contributed by atoms with Crippen molar-refractivity contribution in [1.82, 2.24) is 9.80 Å². The van der Waals surface area contributed by atoms with Gasteiger partial charge in [-0.3, -0.25) is 9.80 Å². The topological polar surface area (TPSA) is 99.5 Å². The SMILES string of the molecule is CCc1c(C(O)CN2CCN(CC(O)c3ccc4c(c3CC)COC4=O)CC2)ccc2c1COC2=O. The lowest BCUT2D eigenvalue weighted by atomic mass is 9.92. The van der Waals surface area contributed by atoms with Crippen molar-refractivity contribution in [1.29, 1.82) is 0 Å². The van der Waals surface area contributed by atoms with Crippen LogP contribution in [0.2, 0.25) is 0 Å². The van der Waals surface area contributed by atoms with Crippen LogP contribution in [-0.4, -0.2) is 71.2 Å². The van der Waals surface area contributed by atoms with Gasteiger partial charge >= 0.3 is 11.9 Å². The van der Waals surface area contributed by atoms with Gasteiger partial charge in [0, 0.05) is 50.4 Å². The van der Waals surface area contributed by atoms with Crippen LogP contribution < -0.4 is 0 Å². The molecule has 1 fully saturated rings. The van der Waals surface area contributed by atoms with Gasteiger partial charge in [0.25, 0.3) is 0 Å². The van der Waals surface area contributed by atoms with Crippen molar-refractivity contribution in [3.63, 3.8) is 0 Å². The molecule has 0 bridgehead atoms. The third-order valence-electron chi connectivity index (χ3n) is 7.82. The fraction of sp³-hybridized carbons (Fsp3) is 0.500. The fourth-order valence-corrected chi connectivity index (χ4v) is 5.87. The second kappa shape index (κ2) is 10.3. The summed E-state index contributed by atoms with van der Waals surface area (Å²) in [6.45, 7) is 8.87. The van der Waals surface area contributed by atoms with E-state index in [4.69, 9.17) is 9.47 Å². The number of β-amino-alcohol motifs (C(OH)–C–C–N with tert-alkyl or cyclic N) is 2. The number of ether oxygens (including phenoxy) is 2. The molecule has 0 amide bonds. The Morgan fingerprint density at radius 2 is 1.11 bits per heavy atom. The molecule has 8 heteroatoms. The van der Waals surface area contributed by atoms with Crippen molar-refractivity contribution >= 4 is 11.9 Å². The molecule has 2 aromatic carbocycles. The van der Waals surface area contributed by atoms with Crippen LogP contribution in [0.3, 0.4) is 0 Å². The van der Waals surface area contributed by atoms with E-state index in [1.54, 1.807) is 12.1 Å². The van der Waals surface area contributed by atoms with Crippen LogP contribution in [0.1, 0.15) is 80.2 Å². The molecule has 3 aliphatic heterocycles. The highest BCUT2D eigenvalue weighted by atomic mass is 16.5. The molecule has 0 aromatic heterocycles. The van der Waals surface area contributed by atoms with Gasteiger partial charge in [-0.25, -0.2) is 9.59 Å². The van der Waals surface area contributed by atoms with Crippen molar-refractivity contribution < 1.29 is 29.3 Å². The number of esters is 2. The largest absolute Gasteiger partial charge is 0.457 e. The van der Waals surface area contributed by atoms with Crippen LogP contribution in [0.4, 0.5) is 0 Å². The summed E-state index contributed by atoms with van der Waals surface area (Å²) in [4.78, 5) is 28.3. The Balaban J connectivity index is 1.18. The normalized spacial score (nSPS) is 19.6. The third-order valence-corrected chi connectivity index (χ3v) is 7.82. The highest BCUT2D eigenvalue weighted by molar-refractivity contribution is 5.94. The van der Waals surface area contributed by atoms with Gasteiger partial charge in [-0.2, -0.15) is 0 Å². The molecule has 2 aromatic rings. The number of carbonyl (C=O) groups excluding carboxylic acids is 2. The molecule has 8 nitrogen and oxygen atoms in total. The number of cyclic esters (lactones) is 2. The Morgan fingerprint density at radius 3 is 1.47 bits per heavy atom. The quantitative estimate of drug-likeness (QED) is 0.540. The first-order valence-corrected chi connectivity index (χ1v) is 12.9. The smallest absolute Gasteiger partial charge is 0.338 e. The van der Waals surface area contributed by atoms with Crippen LogP contribution >= 0.6 is 0 Å². The molecule has 36 heavy (non-hydrogen) atoms. The number of hydrogen-bond acceptors (Lipinski definition) is 8. The summed E-state index contributed by atoms with van der Waals surface area (Å²) in [6, 6.07) is 7.27. The number of fused-ring (bicyclic) bond motifs is 2. The van der Waals surface area contributed by atoms with Crippen molar-refractivity contribution in [3.05, 3.63) is 68.8 Å². The maximum absolute atomic E-state index is 11.9. The summed E-state index contributed by atoms with van der Waals surface area (Å²) in [5.41, 5.74) is 6.82. The Morgan fingerprint density at radius 1 is 0.722 bits per heavy atom. The predicted octanol–water partition coefficient (Wildman–Crippen LogP) is 2.54. The van der Waals surface area contributed by atoms with Gasteiger partial charge in [0.1, 0.15) is 13.2 Å². The van der Waals surface area contributed by atoms with Crippen molar-refractivity contribution in [2.75, 3.05) is 39.3 Å². The number of hydrogen-bond donors (Lipinski definition) is 2. The number of aliphatic hydroxyl groups is 2. The van der Waals surface area contributed by atoms with E-state index >= 15 is 0 Å². The second-order valence-corrected chi connectivity index (χ2v) is 9.81. The summed E-state index contributed by atoms with van der Waals surface area (Å²) in [5, 5.41) is 22.1. The van der Waals surface area contributed by atoms with Gasteiger partial charge in [-0.05, 0) is 47.2 Å². The monoisotopic (exact) mass is 494 g/mol. The lowest BCUT2D eigenvalue weighted by Crippen LogP contribution is -2.48. The molecular formula is C28H34N2O6. The van der Waals surface area contributed by atoms with Gasteiger partial charge in [0.05, 0.1) is 23.3 Å². The van der Waals surface area contributed by atoms with Gasteiger partial charge in [0.2, 0.25) is 0 Å². The zero-order valence-electron chi connectivity index (χ0n) is 21.0. The minimum atomic E-state index is -0.637. The summed E-state index contributed by atoms with van der Waals surface area (Å²) >= 11 is 0. The lowest BCUT2D eigenvalue weighted by Gasteiger charge is -2.37. The molecular weight excluding hydrogens is 460 g/mol. The van der Waals surface area contributed by atoms with Crippen LogP contribution in [0.25, 0.3) is 0 Å². The molecule has 0 spiro atoms. The van der Waals surface area contributed by atoms with E-state index in [1.165, 1.54) is 0 Å². The molecule has 0 aliphatic carbocycles. The number of nitrogens with zero attached hydrogens (tertiary/aromatic N) is 2. The molecule has 192 valence electrons. The Hall–Kier alpha value is -2.78. The zero-order valence-corrected chi connectivity index (χ0v) is 21.0. The van der Waals surface area contributed by atoms with E-state index in [1.807, 2.05) is 26.0 Å². The first-order chi connectivity index (χ1) is 17.4. The number of rotatable bonds is 8. The van der Waals surface area contributed by atoms with E-state index in [9.17, 15) is 19.8 Å². The van der Waals surface area contributed by atoms with E-state index in [-0.39, 0.29) is 25.2 Å². The van der Waals surface area contributed by atoms with Crippen molar-refractivity contribution in [2.24, 2.45) is 0 Å². The van der Waals surface area contributed by atoms with E-state index in [0.29, 0.717) is 24.2 Å². The molecule has 0 saturated carbocycles. The molecule has 2 unspecified atom stereocenters. The Kier molecular flexibility index (Phi) is 7.12. The molecule has 1 saturated heterocycles. The molecule has 3 heterocycles. The molecule has 3 aliphatic rings. The van der Waals surface area contributed by atoms with Crippen molar-refractivity contribution in [3.8, 4) is 0 Å². The van der Waals surface area contributed by atoms with Gasteiger partial charge < -0.3 is 19.7 Å². The molecule has 0 radical (unpaired) electrons. The minimum absolute atomic E-state index is 0.284. The second-order valence-electron chi connectivity index (χ2n) is 9.81. The first kappa shape index (κ1) is 24.9. The van der Waals surface area contributed by atoms with Gasteiger partial charge in [-0.15, -0.1) is 0 Å². The van der Waals surface area contributed by atoms with Crippen LogP contribution in [-0.2, 0) is 35.5 Å². The van der Waals surface area contributed by atoms with E-state index in [0.717, 1.165) is 72.4 Å². The molecule has 2 atom stereocenters. The van der Waals surface area contributed by atoms with Crippen LogP contribution in [0.5, 0.6) is 0 Å². The number of aliphatic hydroxyl groups excluding tert-OH is 2. The van der Waals surface area contributed by atoms with Crippen molar-refractivity contribution in [2.45, 2.75) is 52.1 Å². The maximum atomic E-state index is 11.9. The highest BCUT2D eigenvalue weighted by Crippen LogP contribution is 2.32. The minimum Gasteiger partial charge on any atom is -0.457 e. The number of carbonyl (C=O) groups is 2. The van der Waals surface area contributed by atoms with Gasteiger partial charge in [0.15, 0.2) is 0 Å². The highest BCUT2D eigenvalue weighted by Gasteiger charge is 2.30. The first-order valence-electron chi connectivity index (χ1n) is 12.9. The summed E-state index contributed by atoms with van der Waals surface area (Å²) < 4.78 is 10.4. The summed E-state index contributed by atoms with van der Waals surface area (Å²) in [6.07, 6.45) is 0.199.